The molecule has 0 unspecified atom stereocenters. The Balaban J connectivity index is 2.34. The zero-order valence-corrected chi connectivity index (χ0v) is 11.3. The molecule has 0 radical (unpaired) electrons. The van der Waals surface area contributed by atoms with Gasteiger partial charge in [0, 0.05) is 6.04 Å². The van der Waals surface area contributed by atoms with E-state index in [2.05, 4.69) is 39.9 Å². The molecule has 0 saturated carbocycles. The fourth-order valence-electron chi connectivity index (χ4n) is 3.15. The van der Waals surface area contributed by atoms with E-state index < -0.39 is 0 Å². The SMILES string of the molecule is CC[C@H]1CCN[C@@H]1C[C@@H](C)CC(C)(C)C. The molecule has 1 N–H and O–H groups in total. The first-order chi connectivity index (χ1) is 6.92. The third kappa shape index (κ3) is 4.55. The lowest BCUT2D eigenvalue weighted by Gasteiger charge is -2.27. The predicted octanol–water partition coefficient (Wildman–Crippen LogP) is 3.84. The van der Waals surface area contributed by atoms with Gasteiger partial charge in [0.25, 0.3) is 0 Å². The molecular weight excluding hydrogens is 182 g/mol. The third-order valence-electron chi connectivity index (χ3n) is 3.63. The van der Waals surface area contributed by atoms with Crippen molar-refractivity contribution in [3.63, 3.8) is 0 Å². The maximum Gasteiger partial charge on any atom is 0.00982 e. The first-order valence-electron chi connectivity index (χ1n) is 6.65. The first-order valence-corrected chi connectivity index (χ1v) is 6.65. The zero-order valence-electron chi connectivity index (χ0n) is 11.3. The van der Waals surface area contributed by atoms with Crippen molar-refractivity contribution in [3.8, 4) is 0 Å². The van der Waals surface area contributed by atoms with Crippen LogP contribution in [0.1, 0.15) is 60.3 Å². The van der Waals surface area contributed by atoms with Gasteiger partial charge in [0.05, 0.1) is 0 Å². The number of hydrogen-bond donors (Lipinski definition) is 1. The minimum absolute atomic E-state index is 0.486. The van der Waals surface area contributed by atoms with E-state index in [1.54, 1.807) is 0 Å². The second-order valence-electron chi connectivity index (χ2n) is 6.62. The van der Waals surface area contributed by atoms with Crippen molar-refractivity contribution < 1.29 is 0 Å². The molecule has 1 heteroatoms. The quantitative estimate of drug-likeness (QED) is 0.745. The second kappa shape index (κ2) is 5.34. The van der Waals surface area contributed by atoms with Crippen LogP contribution in [0.3, 0.4) is 0 Å². The Kier molecular flexibility index (Phi) is 4.64. The maximum atomic E-state index is 3.67. The topological polar surface area (TPSA) is 12.0 Å². The summed E-state index contributed by atoms with van der Waals surface area (Å²) in [4.78, 5) is 0. The van der Waals surface area contributed by atoms with Gasteiger partial charge in [0.15, 0.2) is 0 Å². The molecule has 0 aromatic rings. The van der Waals surface area contributed by atoms with Crippen molar-refractivity contribution in [2.24, 2.45) is 17.3 Å². The smallest absolute Gasteiger partial charge is 0.00982 e. The van der Waals surface area contributed by atoms with E-state index in [1.807, 2.05) is 0 Å². The van der Waals surface area contributed by atoms with E-state index in [9.17, 15) is 0 Å². The van der Waals surface area contributed by atoms with Crippen LogP contribution in [0.15, 0.2) is 0 Å². The fourth-order valence-corrected chi connectivity index (χ4v) is 3.15. The van der Waals surface area contributed by atoms with Gasteiger partial charge in [0.2, 0.25) is 0 Å². The molecule has 0 aliphatic carbocycles. The van der Waals surface area contributed by atoms with E-state index in [0.717, 1.165) is 17.9 Å². The molecule has 15 heavy (non-hydrogen) atoms. The second-order valence-corrected chi connectivity index (χ2v) is 6.62. The van der Waals surface area contributed by atoms with Crippen molar-refractivity contribution in [2.75, 3.05) is 6.54 Å². The lowest BCUT2D eigenvalue weighted by atomic mass is 9.81. The average Bonchev–Trinajstić information content (AvgIpc) is 2.48. The standard InChI is InChI=1S/C14H29N/c1-6-12-7-8-15-13(12)9-11(2)10-14(3,4)5/h11-13,15H,6-10H2,1-5H3/t11-,12+,13-/m1/s1. The molecule has 0 bridgehead atoms. The molecule has 1 fully saturated rings. The van der Waals surface area contributed by atoms with Gasteiger partial charge in [0.1, 0.15) is 0 Å². The Morgan fingerprint density at radius 1 is 1.33 bits per heavy atom. The summed E-state index contributed by atoms with van der Waals surface area (Å²) in [5.41, 5.74) is 0.486. The van der Waals surface area contributed by atoms with Crippen LogP contribution in [-0.4, -0.2) is 12.6 Å². The van der Waals surface area contributed by atoms with Gasteiger partial charge in [-0.1, -0.05) is 41.0 Å². The summed E-state index contributed by atoms with van der Waals surface area (Å²) in [7, 11) is 0. The molecular formula is C14H29N. The molecule has 1 heterocycles. The van der Waals surface area contributed by atoms with Crippen molar-refractivity contribution in [3.05, 3.63) is 0 Å². The Labute approximate surface area is 96.0 Å². The van der Waals surface area contributed by atoms with Gasteiger partial charge in [-0.05, 0) is 43.1 Å². The molecule has 90 valence electrons. The van der Waals surface area contributed by atoms with Crippen LogP contribution >= 0.6 is 0 Å². The number of nitrogens with one attached hydrogen (secondary N) is 1. The van der Waals surface area contributed by atoms with Crippen LogP contribution in [0.25, 0.3) is 0 Å². The average molecular weight is 211 g/mol. The molecule has 0 aromatic carbocycles. The summed E-state index contributed by atoms with van der Waals surface area (Å²) in [5.74, 6) is 1.79. The molecule has 1 saturated heterocycles. The van der Waals surface area contributed by atoms with Gasteiger partial charge >= 0.3 is 0 Å². The number of rotatable bonds is 4. The summed E-state index contributed by atoms with van der Waals surface area (Å²) >= 11 is 0. The fraction of sp³-hybridized carbons (Fsp3) is 1.00. The molecule has 1 aliphatic rings. The Bertz CT molecular complexity index is 180. The van der Waals surface area contributed by atoms with Gasteiger partial charge in [-0.2, -0.15) is 0 Å². The van der Waals surface area contributed by atoms with Crippen molar-refractivity contribution in [1.82, 2.24) is 5.32 Å². The Hall–Kier alpha value is -0.0400. The molecule has 0 aromatic heterocycles. The van der Waals surface area contributed by atoms with E-state index >= 15 is 0 Å². The van der Waals surface area contributed by atoms with Crippen LogP contribution in [-0.2, 0) is 0 Å². The van der Waals surface area contributed by atoms with Crippen molar-refractivity contribution >= 4 is 0 Å². The highest BCUT2D eigenvalue weighted by Crippen LogP contribution is 2.30. The molecule has 1 aliphatic heterocycles. The lowest BCUT2D eigenvalue weighted by molar-refractivity contribution is 0.263. The zero-order chi connectivity index (χ0) is 11.5. The number of hydrogen-bond acceptors (Lipinski definition) is 1. The minimum atomic E-state index is 0.486. The summed E-state index contributed by atoms with van der Waals surface area (Å²) in [5, 5.41) is 3.67. The van der Waals surface area contributed by atoms with Crippen LogP contribution < -0.4 is 5.32 Å². The van der Waals surface area contributed by atoms with Crippen LogP contribution in [0.5, 0.6) is 0 Å². The minimum Gasteiger partial charge on any atom is -0.314 e. The first kappa shape index (κ1) is 13.0. The van der Waals surface area contributed by atoms with E-state index in [1.165, 1.54) is 32.2 Å². The van der Waals surface area contributed by atoms with Gasteiger partial charge in [-0.15, -0.1) is 0 Å². The monoisotopic (exact) mass is 211 g/mol. The van der Waals surface area contributed by atoms with Crippen molar-refractivity contribution in [2.45, 2.75) is 66.3 Å². The maximum absolute atomic E-state index is 3.67. The van der Waals surface area contributed by atoms with Crippen LogP contribution in [0.4, 0.5) is 0 Å². The van der Waals surface area contributed by atoms with Gasteiger partial charge in [-0.25, -0.2) is 0 Å². The largest absolute Gasteiger partial charge is 0.314 e. The Morgan fingerprint density at radius 3 is 2.53 bits per heavy atom. The van der Waals surface area contributed by atoms with Crippen LogP contribution in [0, 0.1) is 17.3 Å². The molecule has 3 atom stereocenters. The van der Waals surface area contributed by atoms with Gasteiger partial charge < -0.3 is 5.32 Å². The summed E-state index contributed by atoms with van der Waals surface area (Å²) < 4.78 is 0. The molecule has 0 amide bonds. The summed E-state index contributed by atoms with van der Waals surface area (Å²) in [6.45, 7) is 13.0. The highest BCUT2D eigenvalue weighted by Gasteiger charge is 2.27. The highest BCUT2D eigenvalue weighted by molar-refractivity contribution is 4.84. The van der Waals surface area contributed by atoms with E-state index in [-0.39, 0.29) is 0 Å². The summed E-state index contributed by atoms with van der Waals surface area (Å²) in [6, 6.07) is 0.798. The highest BCUT2D eigenvalue weighted by atomic mass is 14.9. The van der Waals surface area contributed by atoms with Crippen LogP contribution in [0.2, 0.25) is 0 Å². The van der Waals surface area contributed by atoms with E-state index in [4.69, 9.17) is 0 Å². The lowest BCUT2D eigenvalue weighted by Crippen LogP contribution is -2.29. The molecule has 1 nitrogen and oxygen atoms in total. The van der Waals surface area contributed by atoms with Gasteiger partial charge in [-0.3, -0.25) is 0 Å². The normalized spacial score (nSPS) is 29.4. The van der Waals surface area contributed by atoms with E-state index in [0.29, 0.717) is 5.41 Å². The molecule has 0 spiro atoms. The van der Waals surface area contributed by atoms with Crippen molar-refractivity contribution in [1.29, 1.82) is 0 Å². The Morgan fingerprint density at radius 2 is 2.00 bits per heavy atom. The third-order valence-corrected chi connectivity index (χ3v) is 3.63. The predicted molar refractivity (Wildman–Crippen MR) is 68.0 cm³/mol. The molecule has 1 rings (SSSR count). The summed E-state index contributed by atoms with van der Waals surface area (Å²) in [6.07, 6.45) is 5.46.